The van der Waals surface area contributed by atoms with Gasteiger partial charge in [-0.3, -0.25) is 4.79 Å². The predicted molar refractivity (Wildman–Crippen MR) is 84.3 cm³/mol. The summed E-state index contributed by atoms with van der Waals surface area (Å²) in [5.74, 6) is 1.16. The molecule has 0 aliphatic carbocycles. The van der Waals surface area contributed by atoms with Crippen LogP contribution >= 0.6 is 15.9 Å². The summed E-state index contributed by atoms with van der Waals surface area (Å²) in [6.07, 6.45) is 0. The van der Waals surface area contributed by atoms with E-state index in [9.17, 15) is 4.79 Å². The Morgan fingerprint density at radius 3 is 2.38 bits per heavy atom. The Kier molecular flexibility index (Phi) is 3.84. The second kappa shape index (κ2) is 5.77. The van der Waals surface area contributed by atoms with Gasteiger partial charge in [-0.15, -0.1) is 0 Å². The largest absolute Gasteiger partial charge is 0.486 e. The first-order valence-corrected chi connectivity index (χ1v) is 7.40. The molecule has 5 heteroatoms. The highest BCUT2D eigenvalue weighted by molar-refractivity contribution is 9.10. The molecule has 4 nitrogen and oxygen atoms in total. The molecule has 0 atom stereocenters. The van der Waals surface area contributed by atoms with Gasteiger partial charge in [0, 0.05) is 22.2 Å². The fourth-order valence-electron chi connectivity index (χ4n) is 2.06. The van der Waals surface area contributed by atoms with Crippen molar-refractivity contribution in [2.45, 2.75) is 6.92 Å². The lowest BCUT2D eigenvalue weighted by atomic mass is 10.1. The molecule has 1 N–H and O–H groups in total. The number of hydrogen-bond acceptors (Lipinski definition) is 3. The monoisotopic (exact) mass is 347 g/mol. The van der Waals surface area contributed by atoms with E-state index in [1.165, 1.54) is 0 Å². The van der Waals surface area contributed by atoms with Crippen LogP contribution in [0.15, 0.2) is 40.9 Å². The van der Waals surface area contributed by atoms with Crippen molar-refractivity contribution >= 4 is 27.5 Å². The Morgan fingerprint density at radius 1 is 1.10 bits per heavy atom. The Balaban J connectivity index is 1.84. The van der Waals surface area contributed by atoms with Crippen LogP contribution < -0.4 is 14.8 Å². The number of fused-ring (bicyclic) bond motifs is 1. The molecule has 0 saturated carbocycles. The van der Waals surface area contributed by atoms with Gasteiger partial charge in [-0.25, -0.2) is 0 Å². The second-order valence-electron chi connectivity index (χ2n) is 4.80. The van der Waals surface area contributed by atoms with Crippen molar-refractivity contribution in [2.24, 2.45) is 0 Å². The summed E-state index contributed by atoms with van der Waals surface area (Å²) >= 11 is 3.44. The molecule has 1 amide bonds. The maximum Gasteiger partial charge on any atom is 0.255 e. The normalized spacial score (nSPS) is 12.9. The van der Waals surface area contributed by atoms with E-state index >= 15 is 0 Å². The molecule has 0 saturated heterocycles. The molecule has 108 valence electrons. The highest BCUT2D eigenvalue weighted by Crippen LogP contribution is 2.38. The number of hydrogen-bond donors (Lipinski definition) is 1. The molecule has 3 rings (SSSR count). The average molecular weight is 348 g/mol. The number of carbonyl (C=O) groups excluding carboxylic acids is 1. The van der Waals surface area contributed by atoms with Crippen LogP contribution in [-0.2, 0) is 0 Å². The molecule has 0 fully saturated rings. The second-order valence-corrected chi connectivity index (χ2v) is 5.65. The van der Waals surface area contributed by atoms with Crippen LogP contribution in [0, 0.1) is 6.92 Å². The van der Waals surface area contributed by atoms with Gasteiger partial charge in [0.1, 0.15) is 13.2 Å². The Bertz CT molecular complexity index is 683. The number of nitrogens with one attached hydrogen (secondary N) is 1. The lowest BCUT2D eigenvalue weighted by Crippen LogP contribution is -2.17. The fraction of sp³-hybridized carbons (Fsp3) is 0.188. The van der Waals surface area contributed by atoms with Gasteiger partial charge < -0.3 is 14.8 Å². The van der Waals surface area contributed by atoms with E-state index in [4.69, 9.17) is 9.47 Å². The van der Waals surface area contributed by atoms with Crippen LogP contribution in [0.3, 0.4) is 0 Å². The number of anilines is 1. The van der Waals surface area contributed by atoms with Crippen molar-refractivity contribution in [3.05, 3.63) is 52.0 Å². The van der Waals surface area contributed by atoms with E-state index in [1.807, 2.05) is 19.1 Å². The van der Waals surface area contributed by atoms with E-state index in [0.717, 1.165) is 10.0 Å². The van der Waals surface area contributed by atoms with Crippen LogP contribution in [0.4, 0.5) is 5.69 Å². The Labute approximate surface area is 131 Å². The number of benzene rings is 2. The lowest BCUT2D eigenvalue weighted by molar-refractivity contribution is 0.102. The average Bonchev–Trinajstić information content (AvgIpc) is 2.48. The summed E-state index contributed by atoms with van der Waals surface area (Å²) in [5, 5.41) is 2.87. The number of aryl methyl sites for hydroxylation is 1. The van der Waals surface area contributed by atoms with Crippen LogP contribution in [-0.4, -0.2) is 19.1 Å². The lowest BCUT2D eigenvalue weighted by Gasteiger charge is -2.20. The highest BCUT2D eigenvalue weighted by atomic mass is 79.9. The minimum atomic E-state index is -0.160. The summed E-state index contributed by atoms with van der Waals surface area (Å²) in [7, 11) is 0. The van der Waals surface area contributed by atoms with E-state index in [2.05, 4.69) is 21.2 Å². The number of carbonyl (C=O) groups is 1. The molecule has 2 aromatic carbocycles. The van der Waals surface area contributed by atoms with Gasteiger partial charge in [-0.2, -0.15) is 0 Å². The smallest absolute Gasteiger partial charge is 0.255 e. The zero-order chi connectivity index (χ0) is 14.8. The van der Waals surface area contributed by atoms with Gasteiger partial charge in [0.2, 0.25) is 0 Å². The topological polar surface area (TPSA) is 47.6 Å². The third-order valence-corrected chi connectivity index (χ3v) is 3.85. The van der Waals surface area contributed by atoms with E-state index < -0.39 is 0 Å². The van der Waals surface area contributed by atoms with Gasteiger partial charge in [-0.05, 0) is 35.0 Å². The summed E-state index contributed by atoms with van der Waals surface area (Å²) in [4.78, 5) is 12.2. The Morgan fingerprint density at radius 2 is 1.71 bits per heavy atom. The molecule has 1 aliphatic heterocycles. The molecule has 0 spiro atoms. The van der Waals surface area contributed by atoms with Gasteiger partial charge in [0.05, 0.1) is 5.69 Å². The summed E-state index contributed by atoms with van der Waals surface area (Å²) < 4.78 is 11.8. The predicted octanol–water partition coefficient (Wildman–Crippen LogP) is 3.78. The zero-order valence-electron chi connectivity index (χ0n) is 11.5. The van der Waals surface area contributed by atoms with Gasteiger partial charge in [0.25, 0.3) is 5.91 Å². The van der Waals surface area contributed by atoms with E-state index in [1.54, 1.807) is 24.3 Å². The first kappa shape index (κ1) is 13.9. The number of ether oxygens (including phenoxy) is 2. The van der Waals surface area contributed by atoms with E-state index in [0.29, 0.717) is 36.0 Å². The molecule has 0 unspecified atom stereocenters. The first-order chi connectivity index (χ1) is 10.1. The minimum absolute atomic E-state index is 0.160. The molecule has 1 aliphatic rings. The van der Waals surface area contributed by atoms with Gasteiger partial charge >= 0.3 is 0 Å². The van der Waals surface area contributed by atoms with Crippen LogP contribution in [0.5, 0.6) is 11.5 Å². The van der Waals surface area contributed by atoms with Crippen molar-refractivity contribution in [2.75, 3.05) is 18.5 Å². The number of halogens is 1. The van der Waals surface area contributed by atoms with Gasteiger partial charge in [0.15, 0.2) is 11.5 Å². The molecule has 0 bridgehead atoms. The summed E-state index contributed by atoms with van der Waals surface area (Å²) in [6, 6.07) is 11.0. The maximum absolute atomic E-state index is 12.2. The molecular formula is C16H14BrNO3. The van der Waals surface area contributed by atoms with Crippen LogP contribution in [0.1, 0.15) is 15.9 Å². The molecule has 2 aromatic rings. The molecule has 21 heavy (non-hydrogen) atoms. The number of amides is 1. The fourth-order valence-corrected chi connectivity index (χ4v) is 2.48. The minimum Gasteiger partial charge on any atom is -0.486 e. The third-order valence-electron chi connectivity index (χ3n) is 3.19. The van der Waals surface area contributed by atoms with Crippen molar-refractivity contribution in [1.29, 1.82) is 0 Å². The Hall–Kier alpha value is -2.01. The zero-order valence-corrected chi connectivity index (χ0v) is 13.1. The highest BCUT2D eigenvalue weighted by Gasteiger charge is 2.16. The summed E-state index contributed by atoms with van der Waals surface area (Å²) in [5.41, 5.74) is 2.39. The molecule has 0 radical (unpaired) electrons. The molecule has 1 heterocycles. The standard InChI is InChI=1S/C16H14BrNO3/c1-10-2-4-11(5-3-10)16(19)18-13-9-15-14(8-12(13)17)20-6-7-21-15/h2-5,8-9H,6-7H2,1H3,(H,18,19). The van der Waals surface area contributed by atoms with Crippen LogP contribution in [0.2, 0.25) is 0 Å². The van der Waals surface area contributed by atoms with Gasteiger partial charge in [-0.1, -0.05) is 17.7 Å². The summed E-state index contributed by atoms with van der Waals surface area (Å²) in [6.45, 7) is 3.04. The van der Waals surface area contributed by atoms with Crippen molar-refractivity contribution < 1.29 is 14.3 Å². The van der Waals surface area contributed by atoms with E-state index in [-0.39, 0.29) is 5.91 Å². The van der Waals surface area contributed by atoms with Crippen molar-refractivity contribution in [1.82, 2.24) is 0 Å². The molecule has 0 aromatic heterocycles. The molecular weight excluding hydrogens is 334 g/mol. The van der Waals surface area contributed by atoms with Crippen LogP contribution in [0.25, 0.3) is 0 Å². The SMILES string of the molecule is Cc1ccc(C(=O)Nc2cc3c(cc2Br)OCCO3)cc1. The maximum atomic E-state index is 12.2. The first-order valence-electron chi connectivity index (χ1n) is 6.60. The number of rotatable bonds is 2. The quantitative estimate of drug-likeness (QED) is 0.899. The van der Waals surface area contributed by atoms with Crippen molar-refractivity contribution in [3.8, 4) is 11.5 Å². The van der Waals surface area contributed by atoms with Crippen molar-refractivity contribution in [3.63, 3.8) is 0 Å². The third kappa shape index (κ3) is 3.03.